The van der Waals surface area contributed by atoms with Crippen molar-refractivity contribution in [3.05, 3.63) is 0 Å². The summed E-state index contributed by atoms with van der Waals surface area (Å²) in [6.45, 7) is 4.67. The van der Waals surface area contributed by atoms with E-state index in [4.69, 9.17) is 9.47 Å². The highest BCUT2D eigenvalue weighted by Crippen LogP contribution is 2.02. The van der Waals surface area contributed by atoms with E-state index in [0.717, 1.165) is 0 Å². The Morgan fingerprint density at radius 1 is 0.950 bits per heavy atom. The molecule has 0 heterocycles. The Hall–Kier alpha value is -1.72. The van der Waals surface area contributed by atoms with Crippen molar-refractivity contribution in [3.8, 4) is 0 Å². The van der Waals surface area contributed by atoms with Gasteiger partial charge in [-0.2, -0.15) is 0 Å². The fourth-order valence-corrected chi connectivity index (χ4v) is 1.30. The maximum atomic E-state index is 11.4. The van der Waals surface area contributed by atoms with Crippen molar-refractivity contribution in [1.29, 1.82) is 0 Å². The van der Waals surface area contributed by atoms with Crippen molar-refractivity contribution in [2.24, 2.45) is 0 Å². The molecule has 0 saturated heterocycles. The first-order chi connectivity index (χ1) is 9.35. The summed E-state index contributed by atoms with van der Waals surface area (Å²) in [6.07, 6.45) is 0.208. The van der Waals surface area contributed by atoms with Gasteiger partial charge in [0.2, 0.25) is 0 Å². The van der Waals surface area contributed by atoms with Crippen LogP contribution in [0.25, 0.3) is 0 Å². The highest BCUT2D eigenvalue weighted by molar-refractivity contribution is 5.82. The fraction of sp³-hybridized carbons (Fsp3) is 0.714. The molecule has 1 unspecified atom stereocenters. The van der Waals surface area contributed by atoms with Crippen LogP contribution in [0, 0.1) is 0 Å². The lowest BCUT2D eigenvalue weighted by molar-refractivity contribution is -0.158. The topological polar surface area (TPSA) is 86.7 Å². The molecule has 20 heavy (non-hydrogen) atoms. The van der Waals surface area contributed by atoms with Crippen molar-refractivity contribution in [3.63, 3.8) is 0 Å². The van der Waals surface area contributed by atoms with Gasteiger partial charge in [-0.1, -0.05) is 6.92 Å². The predicted molar refractivity (Wildman–Crippen MR) is 71.0 cm³/mol. The maximum absolute atomic E-state index is 11.4. The molecule has 0 amide bonds. The Labute approximate surface area is 118 Å². The van der Waals surface area contributed by atoms with E-state index in [1.807, 2.05) is 0 Å². The van der Waals surface area contributed by atoms with E-state index in [2.05, 4.69) is 0 Å². The summed E-state index contributed by atoms with van der Waals surface area (Å²) >= 11 is 0. The van der Waals surface area contributed by atoms with Crippen molar-refractivity contribution in [1.82, 2.24) is 0 Å². The molecule has 114 valence electrons. The average Bonchev–Trinajstić information content (AvgIpc) is 2.40. The van der Waals surface area contributed by atoms with Crippen molar-refractivity contribution >= 4 is 23.5 Å². The molecule has 0 spiro atoms. The number of Topliss-reactive ketones (excluding diaryl/α,β-unsaturated/α-hetero) is 2. The number of rotatable bonds is 10. The van der Waals surface area contributed by atoms with E-state index in [-0.39, 0.29) is 43.9 Å². The second-order valence-electron chi connectivity index (χ2n) is 4.58. The highest BCUT2D eigenvalue weighted by Gasteiger charge is 2.13. The summed E-state index contributed by atoms with van der Waals surface area (Å²) < 4.78 is 9.85. The van der Waals surface area contributed by atoms with Gasteiger partial charge < -0.3 is 14.3 Å². The van der Waals surface area contributed by atoms with E-state index in [1.165, 1.54) is 6.92 Å². The lowest BCUT2D eigenvalue weighted by atomic mass is 10.2. The van der Waals surface area contributed by atoms with Crippen LogP contribution in [0.4, 0.5) is 0 Å². The Bertz CT molecular complexity index is 361. The van der Waals surface area contributed by atoms with Crippen LogP contribution in [0.15, 0.2) is 0 Å². The molecule has 0 fully saturated rings. The van der Waals surface area contributed by atoms with Crippen LogP contribution in [0.1, 0.15) is 52.9 Å². The van der Waals surface area contributed by atoms with Gasteiger partial charge in [0.15, 0.2) is 0 Å². The third kappa shape index (κ3) is 10.2. The average molecular weight is 286 g/mol. The van der Waals surface area contributed by atoms with Gasteiger partial charge in [0.1, 0.15) is 24.3 Å². The first kappa shape index (κ1) is 18.3. The number of hydrogen-bond donors (Lipinski definition) is 0. The van der Waals surface area contributed by atoms with Crippen LogP contribution in [-0.4, -0.2) is 36.2 Å². The molecule has 0 bridgehead atoms. The van der Waals surface area contributed by atoms with Gasteiger partial charge in [0, 0.05) is 19.3 Å². The van der Waals surface area contributed by atoms with Crippen LogP contribution >= 0.6 is 0 Å². The van der Waals surface area contributed by atoms with Gasteiger partial charge in [0.05, 0.1) is 12.8 Å². The zero-order valence-electron chi connectivity index (χ0n) is 12.3. The number of carbonyl (C=O) groups is 4. The summed E-state index contributed by atoms with van der Waals surface area (Å²) in [7, 11) is 0. The molecular weight excluding hydrogens is 264 g/mol. The number of carbonyl (C=O) groups excluding carboxylic acids is 4. The molecule has 0 radical (unpaired) electrons. The summed E-state index contributed by atoms with van der Waals surface area (Å²) in [6, 6.07) is 0. The Balaban J connectivity index is 3.79. The zero-order chi connectivity index (χ0) is 15.5. The molecule has 6 heteroatoms. The van der Waals surface area contributed by atoms with Crippen molar-refractivity contribution < 1.29 is 28.7 Å². The highest BCUT2D eigenvalue weighted by atomic mass is 16.6. The third-order valence-corrected chi connectivity index (χ3v) is 2.50. The lowest BCUT2D eigenvalue weighted by Gasteiger charge is -2.13. The summed E-state index contributed by atoms with van der Waals surface area (Å²) in [5.41, 5.74) is 0. The van der Waals surface area contributed by atoms with E-state index in [1.54, 1.807) is 13.8 Å². The summed E-state index contributed by atoms with van der Waals surface area (Å²) in [5.74, 6) is -1.06. The smallest absolute Gasteiger partial charge is 0.306 e. The van der Waals surface area contributed by atoms with Gasteiger partial charge in [0.25, 0.3) is 0 Å². The first-order valence-electron chi connectivity index (χ1n) is 6.71. The minimum Gasteiger partial charge on any atom is -0.462 e. The van der Waals surface area contributed by atoms with Gasteiger partial charge in [-0.15, -0.1) is 0 Å². The van der Waals surface area contributed by atoms with Gasteiger partial charge >= 0.3 is 11.9 Å². The predicted octanol–water partition coefficient (Wildman–Crippen LogP) is 1.59. The van der Waals surface area contributed by atoms with E-state index < -0.39 is 18.0 Å². The van der Waals surface area contributed by atoms with Gasteiger partial charge in [-0.05, 0) is 13.8 Å². The van der Waals surface area contributed by atoms with Crippen LogP contribution in [0.3, 0.4) is 0 Å². The second kappa shape index (κ2) is 10.1. The quantitative estimate of drug-likeness (QED) is 0.567. The number of ether oxygens (including phenoxy) is 2. The standard InChI is InChI=1S/C14H22O6/c1-4-12(16)6-8-14(18)20-11(3)9-19-13(17)7-5-10(2)15/h11H,4-9H2,1-3H3. The maximum Gasteiger partial charge on any atom is 0.306 e. The molecule has 0 rings (SSSR count). The number of esters is 2. The lowest BCUT2D eigenvalue weighted by Crippen LogP contribution is -2.22. The van der Waals surface area contributed by atoms with Crippen molar-refractivity contribution in [2.75, 3.05) is 6.61 Å². The van der Waals surface area contributed by atoms with Gasteiger partial charge in [-0.25, -0.2) is 0 Å². The summed E-state index contributed by atoms with van der Waals surface area (Å²) in [5, 5.41) is 0. The van der Waals surface area contributed by atoms with E-state index in [9.17, 15) is 19.2 Å². The van der Waals surface area contributed by atoms with Crippen molar-refractivity contribution in [2.45, 2.75) is 59.0 Å². The molecule has 0 aliphatic carbocycles. The van der Waals surface area contributed by atoms with E-state index in [0.29, 0.717) is 6.42 Å². The molecule has 0 aromatic heterocycles. The van der Waals surface area contributed by atoms with Gasteiger partial charge in [-0.3, -0.25) is 14.4 Å². The fourth-order valence-electron chi connectivity index (χ4n) is 1.30. The molecule has 1 atom stereocenters. The second-order valence-corrected chi connectivity index (χ2v) is 4.58. The molecule has 0 saturated carbocycles. The molecule has 0 N–H and O–H groups in total. The van der Waals surface area contributed by atoms with Crippen LogP contribution in [0.2, 0.25) is 0 Å². The Morgan fingerprint density at radius 3 is 2.10 bits per heavy atom. The largest absolute Gasteiger partial charge is 0.462 e. The monoisotopic (exact) mass is 286 g/mol. The number of ketones is 2. The Kier molecular flexibility index (Phi) is 9.24. The van der Waals surface area contributed by atoms with Crippen LogP contribution in [0.5, 0.6) is 0 Å². The van der Waals surface area contributed by atoms with E-state index >= 15 is 0 Å². The zero-order valence-corrected chi connectivity index (χ0v) is 12.3. The molecular formula is C14H22O6. The third-order valence-electron chi connectivity index (χ3n) is 2.50. The van der Waals surface area contributed by atoms with Crippen LogP contribution in [-0.2, 0) is 28.7 Å². The molecule has 0 aliphatic heterocycles. The first-order valence-corrected chi connectivity index (χ1v) is 6.71. The molecule has 0 aromatic rings. The minimum absolute atomic E-state index is 0.00487. The van der Waals surface area contributed by atoms with Crippen LogP contribution < -0.4 is 0 Å². The molecule has 0 aromatic carbocycles. The minimum atomic E-state index is -0.569. The Morgan fingerprint density at radius 2 is 1.55 bits per heavy atom. The molecule has 0 aliphatic rings. The number of hydrogen-bond acceptors (Lipinski definition) is 6. The molecule has 6 nitrogen and oxygen atoms in total. The normalized spacial score (nSPS) is 11.6. The SMILES string of the molecule is CCC(=O)CCC(=O)OC(C)COC(=O)CCC(C)=O. The summed E-state index contributed by atoms with van der Waals surface area (Å²) in [4.78, 5) is 44.3.